The van der Waals surface area contributed by atoms with E-state index in [-0.39, 0.29) is 6.23 Å². The molecule has 1 aliphatic carbocycles. The first-order valence-electron chi connectivity index (χ1n) is 11.2. The predicted octanol–water partition coefficient (Wildman–Crippen LogP) is 4.90. The molecule has 1 aliphatic heterocycles. The van der Waals surface area contributed by atoms with Gasteiger partial charge in [-0.1, -0.05) is 86.2 Å². The van der Waals surface area contributed by atoms with Crippen LogP contribution in [0.25, 0.3) is 0 Å². The number of ether oxygens (including phenoxy) is 1. The van der Waals surface area contributed by atoms with Crippen molar-refractivity contribution in [3.8, 4) is 0 Å². The lowest BCUT2D eigenvalue weighted by atomic mass is 9.74. The zero-order valence-electron chi connectivity index (χ0n) is 18.4. The van der Waals surface area contributed by atoms with Crippen LogP contribution in [-0.2, 0) is 9.30 Å². The standard InChI is InChI=1S/C26H34NO2P/c1-20-18-21(2)25(22(3)19-20)26-27(14-16-29-26)15-17-30(28,23-10-6-4-7-11-23)24-12-8-5-9-13-24/h4-13,18,21-22,25-26H,14-17,19H2,1-3H3/t21-,22-,25-,26-/m0/s1. The zero-order valence-corrected chi connectivity index (χ0v) is 19.3. The van der Waals surface area contributed by atoms with Gasteiger partial charge in [0, 0.05) is 35.8 Å². The maximum Gasteiger partial charge on any atom is 0.144 e. The largest absolute Gasteiger partial charge is 0.361 e. The normalized spacial score (nSPS) is 27.8. The summed E-state index contributed by atoms with van der Waals surface area (Å²) in [5.41, 5.74) is 1.49. The van der Waals surface area contributed by atoms with Gasteiger partial charge in [0.2, 0.25) is 0 Å². The van der Waals surface area contributed by atoms with E-state index < -0.39 is 7.14 Å². The van der Waals surface area contributed by atoms with Gasteiger partial charge in [-0.25, -0.2) is 0 Å². The summed E-state index contributed by atoms with van der Waals surface area (Å²) < 4.78 is 20.6. The first kappa shape index (κ1) is 21.6. The van der Waals surface area contributed by atoms with Gasteiger partial charge in [0.15, 0.2) is 0 Å². The Morgan fingerprint density at radius 1 is 1.00 bits per heavy atom. The highest BCUT2D eigenvalue weighted by Gasteiger charge is 2.40. The molecule has 1 saturated heterocycles. The molecule has 0 amide bonds. The number of nitrogens with zero attached hydrogens (tertiary/aromatic N) is 1. The molecule has 30 heavy (non-hydrogen) atoms. The fourth-order valence-corrected chi connectivity index (χ4v) is 8.12. The molecule has 0 spiro atoms. The second-order valence-electron chi connectivity index (χ2n) is 9.06. The number of benzene rings is 2. The van der Waals surface area contributed by atoms with Crippen LogP contribution in [0.4, 0.5) is 0 Å². The number of hydrogen-bond acceptors (Lipinski definition) is 3. The smallest absolute Gasteiger partial charge is 0.144 e. The lowest BCUT2D eigenvalue weighted by Crippen LogP contribution is -2.44. The van der Waals surface area contributed by atoms with Crippen molar-refractivity contribution in [3.05, 3.63) is 72.3 Å². The fraction of sp³-hybridized carbons (Fsp3) is 0.462. The van der Waals surface area contributed by atoms with E-state index in [1.54, 1.807) is 0 Å². The Bertz CT molecular complexity index is 868. The quantitative estimate of drug-likeness (QED) is 0.489. The topological polar surface area (TPSA) is 29.5 Å². The van der Waals surface area contributed by atoms with Gasteiger partial charge in [-0.05, 0) is 25.2 Å². The van der Waals surface area contributed by atoms with E-state index in [2.05, 4.69) is 31.7 Å². The average molecular weight is 424 g/mol. The molecule has 1 fully saturated rings. The van der Waals surface area contributed by atoms with Crippen molar-refractivity contribution in [3.63, 3.8) is 0 Å². The third kappa shape index (κ3) is 4.35. The molecule has 4 atom stereocenters. The summed E-state index contributed by atoms with van der Waals surface area (Å²) in [6, 6.07) is 20.0. The monoisotopic (exact) mass is 423 g/mol. The van der Waals surface area contributed by atoms with Crippen molar-refractivity contribution in [1.29, 1.82) is 0 Å². The van der Waals surface area contributed by atoms with E-state index in [4.69, 9.17) is 4.74 Å². The lowest BCUT2D eigenvalue weighted by Gasteiger charge is -2.40. The number of allylic oxidation sites excluding steroid dienone is 2. The molecule has 2 aromatic carbocycles. The maximum atomic E-state index is 14.4. The molecular formula is C26H34NO2P. The van der Waals surface area contributed by atoms with Gasteiger partial charge in [0.1, 0.15) is 13.4 Å². The van der Waals surface area contributed by atoms with Crippen molar-refractivity contribution < 1.29 is 9.30 Å². The molecule has 4 rings (SSSR count). The molecule has 160 valence electrons. The van der Waals surface area contributed by atoms with Crippen LogP contribution < -0.4 is 10.6 Å². The molecule has 0 N–H and O–H groups in total. The summed E-state index contributed by atoms with van der Waals surface area (Å²) in [5, 5.41) is 1.90. The van der Waals surface area contributed by atoms with Gasteiger partial charge < -0.3 is 9.30 Å². The molecule has 0 unspecified atom stereocenters. The van der Waals surface area contributed by atoms with Crippen LogP contribution in [0.3, 0.4) is 0 Å². The number of hydrogen-bond donors (Lipinski definition) is 0. The molecule has 2 aromatic rings. The SMILES string of the molecule is CC1=C[C@H](C)[C@H]([C@@H]2OCCN2CCP(=O)(c2ccccc2)c2ccccc2)[C@@H](C)C1. The zero-order chi connectivity index (χ0) is 21.1. The van der Waals surface area contributed by atoms with Gasteiger partial charge in [-0.15, -0.1) is 0 Å². The molecule has 0 radical (unpaired) electrons. The van der Waals surface area contributed by atoms with Crippen LogP contribution in [0.2, 0.25) is 0 Å². The highest BCUT2D eigenvalue weighted by Crippen LogP contribution is 2.44. The molecule has 2 aliphatic rings. The van der Waals surface area contributed by atoms with Crippen LogP contribution in [0.15, 0.2) is 72.3 Å². The summed E-state index contributed by atoms with van der Waals surface area (Å²) in [6.07, 6.45) is 4.34. The second kappa shape index (κ2) is 9.22. The third-order valence-corrected chi connectivity index (χ3v) is 9.95. The van der Waals surface area contributed by atoms with Crippen molar-refractivity contribution in [2.75, 3.05) is 25.9 Å². The lowest BCUT2D eigenvalue weighted by molar-refractivity contribution is -0.0450. The average Bonchev–Trinajstić information content (AvgIpc) is 3.21. The van der Waals surface area contributed by atoms with Gasteiger partial charge in [-0.2, -0.15) is 0 Å². The Morgan fingerprint density at radius 3 is 2.17 bits per heavy atom. The first-order valence-corrected chi connectivity index (χ1v) is 13.1. The Morgan fingerprint density at radius 2 is 1.60 bits per heavy atom. The fourth-order valence-electron chi connectivity index (χ4n) is 5.46. The summed E-state index contributed by atoms with van der Waals surface area (Å²) in [7, 11) is -2.69. The van der Waals surface area contributed by atoms with Gasteiger partial charge in [0.25, 0.3) is 0 Å². The minimum Gasteiger partial charge on any atom is -0.361 e. The van der Waals surface area contributed by atoms with Crippen LogP contribution in [0.5, 0.6) is 0 Å². The number of rotatable bonds is 6. The van der Waals surface area contributed by atoms with Gasteiger partial charge >= 0.3 is 0 Å². The highest BCUT2D eigenvalue weighted by atomic mass is 31.2. The van der Waals surface area contributed by atoms with E-state index >= 15 is 0 Å². The minimum atomic E-state index is -2.69. The van der Waals surface area contributed by atoms with E-state index in [9.17, 15) is 4.57 Å². The van der Waals surface area contributed by atoms with Crippen molar-refractivity contribution in [2.24, 2.45) is 17.8 Å². The molecule has 0 bridgehead atoms. The maximum absolute atomic E-state index is 14.4. The predicted molar refractivity (Wildman–Crippen MR) is 126 cm³/mol. The summed E-state index contributed by atoms with van der Waals surface area (Å²) in [5.74, 6) is 1.60. The Balaban J connectivity index is 1.56. The molecule has 1 heterocycles. The molecule has 0 aromatic heterocycles. The van der Waals surface area contributed by atoms with Crippen molar-refractivity contribution >= 4 is 17.8 Å². The van der Waals surface area contributed by atoms with Gasteiger partial charge in [0.05, 0.1) is 6.61 Å². The minimum absolute atomic E-state index is 0.124. The van der Waals surface area contributed by atoms with Crippen LogP contribution in [0, 0.1) is 17.8 Å². The van der Waals surface area contributed by atoms with E-state index in [1.807, 2.05) is 60.7 Å². The van der Waals surface area contributed by atoms with Crippen LogP contribution >= 0.6 is 7.14 Å². The van der Waals surface area contributed by atoms with Crippen LogP contribution in [-0.4, -0.2) is 37.0 Å². The molecule has 4 heteroatoms. The van der Waals surface area contributed by atoms with Crippen LogP contribution in [0.1, 0.15) is 27.2 Å². The second-order valence-corrected chi connectivity index (χ2v) is 12.0. The molecular weight excluding hydrogens is 389 g/mol. The van der Waals surface area contributed by atoms with Crippen molar-refractivity contribution in [1.82, 2.24) is 4.90 Å². The Kier molecular flexibility index (Phi) is 6.63. The van der Waals surface area contributed by atoms with E-state index in [0.717, 1.165) is 36.7 Å². The van der Waals surface area contributed by atoms with E-state index in [0.29, 0.717) is 23.9 Å². The third-order valence-electron chi connectivity index (χ3n) is 6.86. The van der Waals surface area contributed by atoms with E-state index in [1.165, 1.54) is 5.57 Å². The van der Waals surface area contributed by atoms with Crippen molar-refractivity contribution in [2.45, 2.75) is 33.4 Å². The highest BCUT2D eigenvalue weighted by molar-refractivity contribution is 7.78. The summed E-state index contributed by atoms with van der Waals surface area (Å²) in [6.45, 7) is 9.41. The molecule has 3 nitrogen and oxygen atoms in total. The summed E-state index contributed by atoms with van der Waals surface area (Å²) in [4.78, 5) is 2.45. The Hall–Kier alpha value is -1.67. The molecule has 0 saturated carbocycles. The Labute approximate surface area is 181 Å². The first-order chi connectivity index (χ1) is 14.5. The summed E-state index contributed by atoms with van der Waals surface area (Å²) >= 11 is 0. The van der Waals surface area contributed by atoms with Gasteiger partial charge in [-0.3, -0.25) is 4.90 Å².